The number of ether oxygens (including phenoxy) is 2. The summed E-state index contributed by atoms with van der Waals surface area (Å²) in [7, 11) is 1.56. The molecule has 2 rings (SSSR count). The molecule has 0 aliphatic heterocycles. The Morgan fingerprint density at radius 1 is 1.35 bits per heavy atom. The lowest BCUT2D eigenvalue weighted by molar-refractivity contribution is -0.124. The number of para-hydroxylation sites is 2. The van der Waals surface area contributed by atoms with Gasteiger partial charge in [0.2, 0.25) is 0 Å². The third-order valence-corrected chi connectivity index (χ3v) is 3.67. The summed E-state index contributed by atoms with van der Waals surface area (Å²) in [5.74, 6) is 1.16. The van der Waals surface area contributed by atoms with Gasteiger partial charge in [-0.1, -0.05) is 18.6 Å². The highest BCUT2D eigenvalue weighted by atomic mass is 16.5. The third-order valence-electron chi connectivity index (χ3n) is 3.67. The van der Waals surface area contributed by atoms with E-state index in [2.05, 4.69) is 5.32 Å². The summed E-state index contributed by atoms with van der Waals surface area (Å²) in [5, 5.41) is 12.1. The van der Waals surface area contributed by atoms with Gasteiger partial charge in [-0.2, -0.15) is 0 Å². The molecule has 1 saturated carbocycles. The molecule has 1 fully saturated rings. The molecular weight excluding hydrogens is 258 g/mol. The summed E-state index contributed by atoms with van der Waals surface area (Å²) in [6.45, 7) is 0.0767. The first-order valence-corrected chi connectivity index (χ1v) is 6.90. The number of aliphatic hydroxyl groups is 1. The van der Waals surface area contributed by atoms with Crippen molar-refractivity contribution in [2.24, 2.45) is 5.92 Å². The zero-order valence-corrected chi connectivity index (χ0v) is 11.7. The fourth-order valence-corrected chi connectivity index (χ4v) is 2.58. The van der Waals surface area contributed by atoms with Crippen LogP contribution in [0.1, 0.15) is 19.3 Å². The van der Waals surface area contributed by atoms with Crippen molar-refractivity contribution >= 4 is 5.91 Å². The van der Waals surface area contributed by atoms with Gasteiger partial charge < -0.3 is 19.9 Å². The van der Waals surface area contributed by atoms with E-state index in [4.69, 9.17) is 9.47 Å². The SMILES string of the molecule is COc1ccccc1OCC(=O)NC1CCCC1CO. The molecule has 0 heterocycles. The minimum atomic E-state index is -0.166. The van der Waals surface area contributed by atoms with Crippen molar-refractivity contribution in [3.8, 4) is 11.5 Å². The van der Waals surface area contributed by atoms with E-state index in [1.54, 1.807) is 19.2 Å². The van der Waals surface area contributed by atoms with Crippen LogP contribution in [0.3, 0.4) is 0 Å². The number of hydrogen-bond donors (Lipinski definition) is 2. The lowest BCUT2D eigenvalue weighted by Gasteiger charge is -2.19. The van der Waals surface area contributed by atoms with Crippen molar-refractivity contribution < 1.29 is 19.4 Å². The lowest BCUT2D eigenvalue weighted by atomic mass is 10.1. The number of carbonyl (C=O) groups is 1. The minimum Gasteiger partial charge on any atom is -0.493 e. The van der Waals surface area contributed by atoms with E-state index in [1.807, 2.05) is 12.1 Å². The number of methoxy groups -OCH3 is 1. The summed E-state index contributed by atoms with van der Waals surface area (Å²) in [6, 6.07) is 7.28. The van der Waals surface area contributed by atoms with Crippen molar-refractivity contribution in [3.63, 3.8) is 0 Å². The van der Waals surface area contributed by atoms with Gasteiger partial charge >= 0.3 is 0 Å². The van der Waals surface area contributed by atoms with Gasteiger partial charge in [-0.15, -0.1) is 0 Å². The maximum atomic E-state index is 11.9. The van der Waals surface area contributed by atoms with Crippen LogP contribution in [-0.2, 0) is 4.79 Å². The number of carbonyl (C=O) groups excluding carboxylic acids is 1. The first kappa shape index (κ1) is 14.7. The molecule has 0 aromatic heterocycles. The van der Waals surface area contributed by atoms with Gasteiger partial charge in [0.25, 0.3) is 5.91 Å². The molecule has 0 radical (unpaired) electrons. The summed E-state index contributed by atoms with van der Waals surface area (Å²) in [4.78, 5) is 11.9. The quantitative estimate of drug-likeness (QED) is 0.825. The van der Waals surface area contributed by atoms with Gasteiger partial charge in [-0.25, -0.2) is 0 Å². The topological polar surface area (TPSA) is 67.8 Å². The minimum absolute atomic E-state index is 0.0466. The predicted octanol–water partition coefficient (Wildman–Crippen LogP) is 1.35. The van der Waals surface area contributed by atoms with Crippen LogP contribution in [0.5, 0.6) is 11.5 Å². The standard InChI is InChI=1S/C15H21NO4/c1-19-13-7-2-3-8-14(13)20-10-15(18)16-12-6-4-5-11(12)9-17/h2-3,7-8,11-12,17H,4-6,9-10H2,1H3,(H,16,18). The average Bonchev–Trinajstić information content (AvgIpc) is 2.92. The van der Waals surface area contributed by atoms with Crippen LogP contribution < -0.4 is 14.8 Å². The molecule has 0 spiro atoms. The molecule has 2 N–H and O–H groups in total. The second-order valence-corrected chi connectivity index (χ2v) is 4.99. The van der Waals surface area contributed by atoms with Crippen molar-refractivity contribution in [2.45, 2.75) is 25.3 Å². The molecule has 110 valence electrons. The molecule has 2 atom stereocenters. The number of aliphatic hydroxyl groups excluding tert-OH is 1. The molecular formula is C15H21NO4. The second-order valence-electron chi connectivity index (χ2n) is 4.99. The van der Waals surface area contributed by atoms with Crippen LogP contribution in [-0.4, -0.2) is 37.4 Å². The Morgan fingerprint density at radius 3 is 2.80 bits per heavy atom. The highest BCUT2D eigenvalue weighted by Gasteiger charge is 2.27. The number of hydrogen-bond acceptors (Lipinski definition) is 4. The first-order chi connectivity index (χ1) is 9.74. The Bertz CT molecular complexity index is 449. The molecule has 1 aromatic rings. The number of amides is 1. The van der Waals surface area contributed by atoms with Crippen molar-refractivity contribution in [1.82, 2.24) is 5.32 Å². The summed E-state index contributed by atoms with van der Waals surface area (Å²) in [6.07, 6.45) is 2.93. The molecule has 2 unspecified atom stereocenters. The average molecular weight is 279 g/mol. The van der Waals surface area contributed by atoms with E-state index in [0.29, 0.717) is 11.5 Å². The van der Waals surface area contributed by atoms with E-state index in [0.717, 1.165) is 19.3 Å². The summed E-state index contributed by atoms with van der Waals surface area (Å²) in [5.41, 5.74) is 0. The highest BCUT2D eigenvalue weighted by molar-refractivity contribution is 5.78. The van der Waals surface area contributed by atoms with E-state index in [9.17, 15) is 9.90 Å². The summed E-state index contributed by atoms with van der Waals surface area (Å²) < 4.78 is 10.6. The smallest absolute Gasteiger partial charge is 0.258 e. The Balaban J connectivity index is 1.83. The lowest BCUT2D eigenvalue weighted by Crippen LogP contribution is -2.40. The molecule has 0 saturated heterocycles. The molecule has 1 aromatic carbocycles. The van der Waals surface area contributed by atoms with Gasteiger partial charge in [0.15, 0.2) is 18.1 Å². The van der Waals surface area contributed by atoms with E-state index in [1.165, 1.54) is 0 Å². The zero-order chi connectivity index (χ0) is 14.4. The van der Waals surface area contributed by atoms with Crippen LogP contribution in [0.4, 0.5) is 0 Å². The van der Waals surface area contributed by atoms with Gasteiger partial charge in [-0.05, 0) is 25.0 Å². The number of nitrogens with one attached hydrogen (secondary N) is 1. The Morgan fingerprint density at radius 2 is 2.10 bits per heavy atom. The van der Waals surface area contributed by atoms with Crippen LogP contribution in [0.15, 0.2) is 24.3 Å². The monoisotopic (exact) mass is 279 g/mol. The first-order valence-electron chi connectivity index (χ1n) is 6.90. The van der Waals surface area contributed by atoms with Crippen molar-refractivity contribution in [3.05, 3.63) is 24.3 Å². The van der Waals surface area contributed by atoms with Crippen molar-refractivity contribution in [2.75, 3.05) is 20.3 Å². The van der Waals surface area contributed by atoms with Crippen LogP contribution in [0, 0.1) is 5.92 Å². The Hall–Kier alpha value is -1.75. The molecule has 5 heteroatoms. The van der Waals surface area contributed by atoms with E-state index >= 15 is 0 Å². The second kappa shape index (κ2) is 7.14. The fraction of sp³-hybridized carbons (Fsp3) is 0.533. The van der Waals surface area contributed by atoms with E-state index < -0.39 is 0 Å². The Kier molecular flexibility index (Phi) is 5.24. The molecule has 5 nitrogen and oxygen atoms in total. The zero-order valence-electron chi connectivity index (χ0n) is 11.7. The van der Waals surface area contributed by atoms with Crippen LogP contribution >= 0.6 is 0 Å². The van der Waals surface area contributed by atoms with Gasteiger partial charge in [-0.3, -0.25) is 4.79 Å². The number of rotatable bonds is 6. The van der Waals surface area contributed by atoms with E-state index in [-0.39, 0.29) is 31.1 Å². The van der Waals surface area contributed by atoms with Crippen LogP contribution in [0.2, 0.25) is 0 Å². The van der Waals surface area contributed by atoms with Gasteiger partial charge in [0.05, 0.1) is 7.11 Å². The van der Waals surface area contributed by atoms with Crippen LogP contribution in [0.25, 0.3) is 0 Å². The predicted molar refractivity (Wildman–Crippen MR) is 74.8 cm³/mol. The molecule has 0 bridgehead atoms. The molecule has 1 amide bonds. The largest absolute Gasteiger partial charge is 0.493 e. The molecule has 20 heavy (non-hydrogen) atoms. The van der Waals surface area contributed by atoms with Crippen molar-refractivity contribution in [1.29, 1.82) is 0 Å². The maximum Gasteiger partial charge on any atom is 0.258 e. The van der Waals surface area contributed by atoms with Gasteiger partial charge in [0, 0.05) is 18.6 Å². The third kappa shape index (κ3) is 3.63. The normalized spacial score (nSPS) is 21.5. The molecule has 1 aliphatic rings. The summed E-state index contributed by atoms with van der Waals surface area (Å²) >= 11 is 0. The Labute approximate surface area is 118 Å². The maximum absolute atomic E-state index is 11.9. The number of benzene rings is 1. The molecule has 1 aliphatic carbocycles. The highest BCUT2D eigenvalue weighted by Crippen LogP contribution is 2.26. The van der Waals surface area contributed by atoms with Gasteiger partial charge in [0.1, 0.15) is 0 Å². The fourth-order valence-electron chi connectivity index (χ4n) is 2.58.